The molecule has 0 fully saturated rings. The molecule has 1 aliphatic carbocycles. The van der Waals surface area contributed by atoms with E-state index >= 15 is 0 Å². The van der Waals surface area contributed by atoms with Crippen molar-refractivity contribution in [2.24, 2.45) is 5.41 Å². The third-order valence-corrected chi connectivity index (χ3v) is 5.99. The molecule has 0 heterocycles. The smallest absolute Gasteiger partial charge is 0.333 e. The van der Waals surface area contributed by atoms with E-state index in [2.05, 4.69) is 11.9 Å². The van der Waals surface area contributed by atoms with Crippen molar-refractivity contribution in [3.05, 3.63) is 64.7 Å². The zero-order valence-electron chi connectivity index (χ0n) is 22.8. The molecular weight excluding hydrogens is 502 g/mol. The van der Waals surface area contributed by atoms with E-state index in [4.69, 9.17) is 14.2 Å². The Hall–Kier alpha value is -4.14. The summed E-state index contributed by atoms with van der Waals surface area (Å²) in [5, 5.41) is 14.0. The molecule has 0 saturated carbocycles. The number of carbonyl (C=O) groups is 4. The molecule has 9 nitrogen and oxygen atoms in total. The maximum Gasteiger partial charge on any atom is 0.333 e. The lowest BCUT2D eigenvalue weighted by Gasteiger charge is -2.24. The van der Waals surface area contributed by atoms with Crippen LogP contribution in [0.1, 0.15) is 78.8 Å². The summed E-state index contributed by atoms with van der Waals surface area (Å²) >= 11 is 0. The minimum Gasteiger partial charge on any atom is -0.507 e. The molecule has 0 aliphatic heterocycles. The first-order chi connectivity index (χ1) is 18.4. The maximum atomic E-state index is 13.5. The number of hydrogen-bond donors (Lipinski definition) is 2. The monoisotopic (exact) mass is 537 g/mol. The number of phenolic OH excluding ortho intramolecular Hbond substituents is 1. The van der Waals surface area contributed by atoms with Crippen LogP contribution in [0.25, 0.3) is 0 Å². The number of phenols is 1. The highest BCUT2D eigenvalue weighted by atomic mass is 16.5. The Bertz CT molecular complexity index is 1290. The van der Waals surface area contributed by atoms with E-state index in [-0.39, 0.29) is 59.5 Å². The fourth-order valence-electron chi connectivity index (χ4n) is 3.89. The summed E-state index contributed by atoms with van der Waals surface area (Å²) in [6.45, 7) is 11.3. The maximum absolute atomic E-state index is 13.5. The normalized spacial score (nSPS) is 12.3. The van der Waals surface area contributed by atoms with Gasteiger partial charge in [0, 0.05) is 35.7 Å². The summed E-state index contributed by atoms with van der Waals surface area (Å²) < 4.78 is 16.3. The van der Waals surface area contributed by atoms with E-state index in [1.165, 1.54) is 6.07 Å². The van der Waals surface area contributed by atoms with Crippen LogP contribution in [0.15, 0.2) is 42.5 Å². The number of rotatable bonds is 12. The van der Waals surface area contributed by atoms with Gasteiger partial charge in [0.1, 0.15) is 11.5 Å². The molecule has 0 aromatic heterocycles. The third kappa shape index (κ3) is 7.04. The second-order valence-corrected chi connectivity index (χ2v) is 10.4. The minimum absolute atomic E-state index is 0.0431. The van der Waals surface area contributed by atoms with Crippen LogP contribution in [0.2, 0.25) is 0 Å². The Morgan fingerprint density at radius 1 is 0.923 bits per heavy atom. The standard InChI is InChI=1S/C30H35NO8/c1-18(2)28(35)38-16-10-15-37-22-17-21(32)23-24(27(34)20-12-7-6-11-19(20)26(23)33)25(22)31-13-8-9-14-39-29(36)30(3,4)5/h6-7,11-12,17,31-32H,1,8-10,13-16H2,2-5H3. The van der Waals surface area contributed by atoms with Crippen molar-refractivity contribution in [2.75, 3.05) is 31.7 Å². The van der Waals surface area contributed by atoms with Crippen molar-refractivity contribution in [3.63, 3.8) is 0 Å². The van der Waals surface area contributed by atoms with Gasteiger partial charge in [-0.05, 0) is 40.5 Å². The quantitative estimate of drug-likeness (QED) is 0.144. The van der Waals surface area contributed by atoms with Crippen molar-refractivity contribution in [1.29, 1.82) is 0 Å². The Balaban J connectivity index is 1.78. The van der Waals surface area contributed by atoms with E-state index in [9.17, 15) is 24.3 Å². The summed E-state index contributed by atoms with van der Waals surface area (Å²) in [5.41, 5.74) is 0.437. The van der Waals surface area contributed by atoms with E-state index in [0.29, 0.717) is 37.1 Å². The van der Waals surface area contributed by atoms with Crippen molar-refractivity contribution in [2.45, 2.75) is 47.0 Å². The Labute approximate surface area is 228 Å². The number of fused-ring (bicyclic) bond motifs is 2. The highest BCUT2D eigenvalue weighted by Crippen LogP contribution is 2.42. The van der Waals surface area contributed by atoms with Gasteiger partial charge in [-0.3, -0.25) is 14.4 Å². The van der Waals surface area contributed by atoms with Crippen molar-refractivity contribution < 1.29 is 38.5 Å². The number of hydrogen-bond acceptors (Lipinski definition) is 9. The fourth-order valence-corrected chi connectivity index (χ4v) is 3.89. The molecule has 0 unspecified atom stereocenters. The molecule has 2 aromatic carbocycles. The molecule has 39 heavy (non-hydrogen) atoms. The van der Waals surface area contributed by atoms with Gasteiger partial charge in [-0.25, -0.2) is 4.79 Å². The number of anilines is 1. The van der Waals surface area contributed by atoms with E-state index in [0.717, 1.165) is 0 Å². The van der Waals surface area contributed by atoms with E-state index in [1.54, 1.807) is 52.0 Å². The lowest BCUT2D eigenvalue weighted by atomic mass is 9.82. The van der Waals surface area contributed by atoms with Gasteiger partial charge in [0.2, 0.25) is 0 Å². The first-order valence-corrected chi connectivity index (χ1v) is 12.9. The van der Waals surface area contributed by atoms with Crippen LogP contribution in [0, 0.1) is 5.41 Å². The van der Waals surface area contributed by atoms with Crippen LogP contribution in [0.3, 0.4) is 0 Å². The van der Waals surface area contributed by atoms with E-state index in [1.807, 2.05) is 0 Å². The Kier molecular flexibility index (Phi) is 9.51. The first-order valence-electron chi connectivity index (χ1n) is 12.9. The molecule has 0 atom stereocenters. The van der Waals surface area contributed by atoms with Crippen molar-refractivity contribution >= 4 is 29.2 Å². The average molecular weight is 538 g/mol. The average Bonchev–Trinajstić information content (AvgIpc) is 2.88. The van der Waals surface area contributed by atoms with Gasteiger partial charge < -0.3 is 24.6 Å². The van der Waals surface area contributed by atoms with Crippen LogP contribution in [0.4, 0.5) is 5.69 Å². The van der Waals surface area contributed by atoms with Gasteiger partial charge in [-0.2, -0.15) is 0 Å². The highest BCUT2D eigenvalue weighted by Gasteiger charge is 2.35. The van der Waals surface area contributed by atoms with Crippen LogP contribution in [-0.4, -0.2) is 55.0 Å². The topological polar surface area (TPSA) is 128 Å². The molecule has 0 bridgehead atoms. The summed E-state index contributed by atoms with van der Waals surface area (Å²) in [6, 6.07) is 7.78. The number of carbonyl (C=O) groups excluding carboxylic acids is 4. The fraction of sp³-hybridized carbons (Fsp3) is 0.400. The number of nitrogens with one attached hydrogen (secondary N) is 1. The molecule has 0 spiro atoms. The number of esters is 2. The third-order valence-electron chi connectivity index (χ3n) is 5.99. The van der Waals surface area contributed by atoms with Crippen LogP contribution < -0.4 is 10.1 Å². The van der Waals surface area contributed by atoms with Crippen molar-refractivity contribution in [1.82, 2.24) is 0 Å². The zero-order valence-corrected chi connectivity index (χ0v) is 22.8. The summed E-state index contributed by atoms with van der Waals surface area (Å²) in [4.78, 5) is 50.3. The van der Waals surface area contributed by atoms with Gasteiger partial charge in [0.15, 0.2) is 11.6 Å². The zero-order chi connectivity index (χ0) is 28.7. The lowest BCUT2D eigenvalue weighted by Crippen LogP contribution is -2.24. The molecule has 9 heteroatoms. The molecule has 0 amide bonds. The molecule has 0 radical (unpaired) electrons. The Morgan fingerprint density at radius 2 is 1.54 bits per heavy atom. The van der Waals surface area contributed by atoms with Gasteiger partial charge in [0.25, 0.3) is 0 Å². The van der Waals surface area contributed by atoms with E-state index < -0.39 is 23.0 Å². The van der Waals surface area contributed by atoms with Crippen LogP contribution >= 0.6 is 0 Å². The van der Waals surface area contributed by atoms with Gasteiger partial charge in [-0.15, -0.1) is 0 Å². The highest BCUT2D eigenvalue weighted by molar-refractivity contribution is 6.31. The second kappa shape index (κ2) is 12.6. The predicted molar refractivity (Wildman–Crippen MR) is 145 cm³/mol. The summed E-state index contributed by atoms with van der Waals surface area (Å²) in [5.74, 6) is -1.81. The van der Waals surface area contributed by atoms with Crippen molar-refractivity contribution in [3.8, 4) is 11.5 Å². The van der Waals surface area contributed by atoms with Crippen LogP contribution in [0.5, 0.6) is 11.5 Å². The molecule has 2 N–H and O–H groups in total. The molecular formula is C30H35NO8. The largest absolute Gasteiger partial charge is 0.507 e. The Morgan fingerprint density at radius 3 is 2.15 bits per heavy atom. The number of ketones is 2. The van der Waals surface area contributed by atoms with Gasteiger partial charge >= 0.3 is 11.9 Å². The summed E-state index contributed by atoms with van der Waals surface area (Å²) in [7, 11) is 0. The molecule has 2 aromatic rings. The number of benzene rings is 2. The number of ether oxygens (including phenoxy) is 3. The molecule has 3 rings (SSSR count). The number of unbranched alkanes of at least 4 members (excludes halogenated alkanes) is 1. The lowest BCUT2D eigenvalue weighted by molar-refractivity contribution is -0.153. The van der Waals surface area contributed by atoms with Gasteiger partial charge in [0.05, 0.1) is 42.0 Å². The first kappa shape index (κ1) is 29.4. The minimum atomic E-state index is -0.582. The predicted octanol–water partition coefficient (Wildman–Crippen LogP) is 4.84. The molecule has 0 saturated heterocycles. The molecule has 1 aliphatic rings. The summed E-state index contributed by atoms with van der Waals surface area (Å²) in [6.07, 6.45) is 1.53. The SMILES string of the molecule is C=C(C)C(=O)OCCCOc1cc(O)c2c(c1NCCCCOC(=O)C(C)(C)C)C(=O)c1ccccc1C2=O. The molecule has 208 valence electrons. The van der Waals surface area contributed by atoms with Crippen LogP contribution in [-0.2, 0) is 19.1 Å². The second-order valence-electron chi connectivity index (χ2n) is 10.4. The van der Waals surface area contributed by atoms with Gasteiger partial charge in [-0.1, -0.05) is 30.8 Å². The number of aromatic hydroxyl groups is 1.